The number of nitrogens with zero attached hydrogens (tertiary/aromatic N) is 3. The SMILES string of the molecule is CCCCCOc1cccc(OCCCCC)c1-c1ccnc(-c2cc(C(F)(F)F)n[n-]2)c1. The van der Waals surface area contributed by atoms with Gasteiger partial charge in [-0.05, 0) is 48.7 Å². The lowest BCUT2D eigenvalue weighted by molar-refractivity contribution is -0.141. The van der Waals surface area contributed by atoms with Gasteiger partial charge in [0, 0.05) is 11.9 Å². The van der Waals surface area contributed by atoms with Gasteiger partial charge in [-0.25, -0.2) is 0 Å². The molecule has 0 radical (unpaired) electrons. The van der Waals surface area contributed by atoms with E-state index in [0.717, 1.165) is 55.7 Å². The molecule has 0 aliphatic rings. The summed E-state index contributed by atoms with van der Waals surface area (Å²) in [5.74, 6) is 1.33. The minimum Gasteiger partial charge on any atom is -0.573 e. The zero-order valence-electron chi connectivity index (χ0n) is 19.0. The molecule has 3 aromatic rings. The van der Waals surface area contributed by atoms with E-state index in [9.17, 15) is 13.2 Å². The predicted molar refractivity (Wildman–Crippen MR) is 121 cm³/mol. The lowest BCUT2D eigenvalue weighted by Gasteiger charge is -2.17. The maximum absolute atomic E-state index is 13.0. The first kappa shape index (κ1) is 24.6. The van der Waals surface area contributed by atoms with Gasteiger partial charge in [0.2, 0.25) is 0 Å². The summed E-state index contributed by atoms with van der Waals surface area (Å²) < 4.78 is 51.0. The fourth-order valence-corrected chi connectivity index (χ4v) is 3.39. The summed E-state index contributed by atoms with van der Waals surface area (Å²) in [7, 11) is 0. The minimum atomic E-state index is -4.55. The Labute approximate surface area is 192 Å². The number of benzene rings is 1. The van der Waals surface area contributed by atoms with Crippen molar-refractivity contribution in [2.75, 3.05) is 13.2 Å². The van der Waals surface area contributed by atoms with Crippen LogP contribution < -0.4 is 14.6 Å². The minimum absolute atomic E-state index is 0.0657. The van der Waals surface area contributed by atoms with Gasteiger partial charge in [0.15, 0.2) is 0 Å². The van der Waals surface area contributed by atoms with Gasteiger partial charge in [-0.15, -0.1) is 0 Å². The number of ether oxygens (including phenoxy) is 2. The molecule has 0 saturated carbocycles. The van der Waals surface area contributed by atoms with E-state index in [-0.39, 0.29) is 5.69 Å². The molecule has 0 saturated heterocycles. The Hall–Kier alpha value is -3.03. The van der Waals surface area contributed by atoms with Crippen LogP contribution in [0.5, 0.6) is 11.5 Å². The fourth-order valence-electron chi connectivity index (χ4n) is 3.39. The fraction of sp³-hybridized carbons (Fsp3) is 0.440. The molecule has 2 heterocycles. The zero-order chi connectivity index (χ0) is 23.7. The molecule has 0 N–H and O–H groups in total. The Morgan fingerprint density at radius 3 is 2.06 bits per heavy atom. The van der Waals surface area contributed by atoms with Crippen LogP contribution in [0.4, 0.5) is 13.2 Å². The maximum Gasteiger partial charge on any atom is 0.431 e. The number of alkyl halides is 3. The third-order valence-electron chi connectivity index (χ3n) is 5.14. The standard InChI is InChI=1S/C25H29F3N3O2/c1-3-5-7-14-32-21-10-9-11-22(33-15-8-6-4-2)24(21)18-12-13-29-19(16-18)20-17-23(31-30-20)25(26,27)28/h9-13,16-17H,3-8,14-15H2,1-2H3/q-1. The van der Waals surface area contributed by atoms with Crippen LogP contribution in [0, 0.1) is 0 Å². The highest BCUT2D eigenvalue weighted by Crippen LogP contribution is 2.40. The second-order valence-corrected chi connectivity index (χ2v) is 7.78. The topological polar surface area (TPSA) is 58.3 Å². The van der Waals surface area contributed by atoms with E-state index >= 15 is 0 Å². The Morgan fingerprint density at radius 1 is 0.879 bits per heavy atom. The molecule has 2 aromatic heterocycles. The van der Waals surface area contributed by atoms with Crippen LogP contribution in [-0.4, -0.2) is 23.3 Å². The summed E-state index contributed by atoms with van der Waals surface area (Å²) in [5, 5.41) is 6.93. The molecule has 1 aromatic carbocycles. The summed E-state index contributed by atoms with van der Waals surface area (Å²) in [6.07, 6.45) is 3.17. The molecule has 3 rings (SSSR count). The smallest absolute Gasteiger partial charge is 0.431 e. The summed E-state index contributed by atoms with van der Waals surface area (Å²) in [6.45, 7) is 5.40. The van der Waals surface area contributed by atoms with E-state index in [1.807, 2.05) is 18.2 Å². The maximum atomic E-state index is 13.0. The van der Waals surface area contributed by atoms with Crippen LogP contribution in [0.15, 0.2) is 42.6 Å². The van der Waals surface area contributed by atoms with E-state index in [4.69, 9.17) is 9.47 Å². The predicted octanol–water partition coefficient (Wildman–Crippen LogP) is 6.92. The van der Waals surface area contributed by atoms with Gasteiger partial charge in [-0.3, -0.25) is 4.98 Å². The quantitative estimate of drug-likeness (QED) is 0.275. The average molecular weight is 461 g/mol. The van der Waals surface area contributed by atoms with Crippen LogP contribution in [0.2, 0.25) is 0 Å². The number of aromatic nitrogens is 3. The van der Waals surface area contributed by atoms with Crippen molar-refractivity contribution in [1.29, 1.82) is 0 Å². The van der Waals surface area contributed by atoms with Crippen LogP contribution in [0.3, 0.4) is 0 Å². The Bertz CT molecular complexity index is 988. The van der Waals surface area contributed by atoms with Crippen LogP contribution in [-0.2, 0) is 6.18 Å². The van der Waals surface area contributed by atoms with E-state index in [1.54, 1.807) is 18.3 Å². The van der Waals surface area contributed by atoms with Gasteiger partial charge in [-0.2, -0.15) is 13.2 Å². The van der Waals surface area contributed by atoms with E-state index in [1.165, 1.54) is 0 Å². The van der Waals surface area contributed by atoms with Gasteiger partial charge >= 0.3 is 6.18 Å². The third-order valence-corrected chi connectivity index (χ3v) is 5.14. The molecule has 0 bridgehead atoms. The molecule has 0 spiro atoms. The summed E-state index contributed by atoms with van der Waals surface area (Å²) in [4.78, 5) is 4.21. The average Bonchev–Trinajstić information content (AvgIpc) is 3.31. The highest BCUT2D eigenvalue weighted by atomic mass is 19.4. The first-order valence-electron chi connectivity index (χ1n) is 11.4. The molecule has 0 unspecified atom stereocenters. The Morgan fingerprint density at radius 2 is 1.52 bits per heavy atom. The zero-order valence-corrected chi connectivity index (χ0v) is 19.0. The summed E-state index contributed by atoms with van der Waals surface area (Å²) >= 11 is 0. The monoisotopic (exact) mass is 460 g/mol. The molecular weight excluding hydrogens is 431 g/mol. The second kappa shape index (κ2) is 11.7. The molecule has 0 aliphatic carbocycles. The van der Waals surface area contributed by atoms with Crippen LogP contribution in [0.25, 0.3) is 22.5 Å². The molecule has 178 valence electrons. The normalized spacial score (nSPS) is 11.5. The molecule has 0 atom stereocenters. The summed E-state index contributed by atoms with van der Waals surface area (Å²) in [6, 6.07) is 10.0. The van der Waals surface area contributed by atoms with Crippen molar-refractivity contribution in [2.24, 2.45) is 0 Å². The van der Waals surface area contributed by atoms with E-state index in [2.05, 4.69) is 29.0 Å². The molecular formula is C25H29F3N3O2-. The van der Waals surface area contributed by atoms with Gasteiger partial charge in [-0.1, -0.05) is 51.3 Å². The van der Waals surface area contributed by atoms with Crippen molar-refractivity contribution in [2.45, 2.75) is 58.5 Å². The van der Waals surface area contributed by atoms with Gasteiger partial charge in [0.05, 0.1) is 18.8 Å². The van der Waals surface area contributed by atoms with Gasteiger partial charge in [0.25, 0.3) is 0 Å². The number of pyridine rings is 1. The number of halogens is 3. The Balaban J connectivity index is 1.94. The third kappa shape index (κ3) is 6.73. The number of rotatable bonds is 12. The highest BCUT2D eigenvalue weighted by Gasteiger charge is 2.31. The van der Waals surface area contributed by atoms with Crippen molar-refractivity contribution in [3.8, 4) is 34.0 Å². The molecule has 0 amide bonds. The first-order valence-corrected chi connectivity index (χ1v) is 11.4. The highest BCUT2D eigenvalue weighted by molar-refractivity contribution is 5.79. The van der Waals surface area contributed by atoms with Crippen molar-refractivity contribution in [1.82, 2.24) is 15.2 Å². The van der Waals surface area contributed by atoms with Crippen LogP contribution in [0.1, 0.15) is 58.1 Å². The molecule has 5 nitrogen and oxygen atoms in total. The largest absolute Gasteiger partial charge is 0.573 e. The van der Waals surface area contributed by atoms with Crippen molar-refractivity contribution in [3.63, 3.8) is 0 Å². The lowest BCUT2D eigenvalue weighted by atomic mass is 10.0. The molecule has 33 heavy (non-hydrogen) atoms. The second-order valence-electron chi connectivity index (χ2n) is 7.78. The number of unbranched alkanes of at least 4 members (excludes halogenated alkanes) is 4. The first-order chi connectivity index (χ1) is 15.9. The van der Waals surface area contributed by atoms with Crippen molar-refractivity contribution >= 4 is 0 Å². The van der Waals surface area contributed by atoms with Gasteiger partial charge < -0.3 is 19.7 Å². The molecule has 0 fully saturated rings. The van der Waals surface area contributed by atoms with Crippen molar-refractivity contribution in [3.05, 3.63) is 48.3 Å². The van der Waals surface area contributed by atoms with Crippen LogP contribution >= 0.6 is 0 Å². The molecule has 0 aliphatic heterocycles. The van der Waals surface area contributed by atoms with Crippen molar-refractivity contribution < 1.29 is 22.6 Å². The van der Waals surface area contributed by atoms with Gasteiger partial charge in [0.1, 0.15) is 17.2 Å². The van der Waals surface area contributed by atoms with E-state index in [0.29, 0.717) is 30.4 Å². The Kier molecular flexibility index (Phi) is 8.74. The molecule has 8 heteroatoms. The summed E-state index contributed by atoms with van der Waals surface area (Å²) in [5.41, 5.74) is 0.811. The van der Waals surface area contributed by atoms with E-state index < -0.39 is 11.9 Å². The lowest BCUT2D eigenvalue weighted by Crippen LogP contribution is -2.04. The number of hydrogen-bond acceptors (Lipinski definition) is 4. The number of hydrogen-bond donors (Lipinski definition) is 0.